The number of benzene rings is 1. The van der Waals surface area contributed by atoms with Crippen LogP contribution in [0.4, 0.5) is 5.82 Å². The topological polar surface area (TPSA) is 89.9 Å². The van der Waals surface area contributed by atoms with Crippen molar-refractivity contribution in [3.8, 4) is 22.8 Å². The Morgan fingerprint density at radius 3 is 2.76 bits per heavy atom. The number of phenols is 1. The van der Waals surface area contributed by atoms with E-state index in [1.807, 2.05) is 13.1 Å². The van der Waals surface area contributed by atoms with Crippen molar-refractivity contribution in [3.63, 3.8) is 0 Å². The molecule has 2 aromatic heterocycles. The number of nitrogen functional groups attached to an aromatic ring is 1. The summed E-state index contributed by atoms with van der Waals surface area (Å²) in [6, 6.07) is 4.84. The van der Waals surface area contributed by atoms with Crippen LogP contribution in [0.15, 0.2) is 36.8 Å². The van der Waals surface area contributed by atoms with Crippen molar-refractivity contribution in [1.82, 2.24) is 19.7 Å². The van der Waals surface area contributed by atoms with Crippen molar-refractivity contribution in [2.75, 3.05) is 5.73 Å². The molecule has 0 aliphatic heterocycles. The predicted molar refractivity (Wildman–Crippen MR) is 80.4 cm³/mol. The minimum atomic E-state index is 0.0142. The molecule has 0 spiro atoms. The van der Waals surface area contributed by atoms with Crippen LogP contribution in [-0.2, 0) is 0 Å². The summed E-state index contributed by atoms with van der Waals surface area (Å²) < 4.78 is 1.61. The Labute approximate surface area is 125 Å². The van der Waals surface area contributed by atoms with Gasteiger partial charge in [-0.15, -0.1) is 0 Å². The number of nitrogens with two attached hydrogens (primary N) is 1. The number of hydrogen-bond acceptors (Lipinski definition) is 5. The lowest BCUT2D eigenvalue weighted by molar-refractivity contribution is 0.475. The number of rotatable bonds is 2. The van der Waals surface area contributed by atoms with E-state index in [2.05, 4.69) is 15.1 Å². The van der Waals surface area contributed by atoms with E-state index in [1.165, 1.54) is 12.3 Å². The van der Waals surface area contributed by atoms with E-state index in [0.717, 1.165) is 5.56 Å². The molecule has 0 saturated heterocycles. The Bertz CT molecular complexity index is 815. The SMILES string of the molecule is Cc1cnn(-c2nc(N)cnc2-c2ccc(O)c(Cl)c2)c1. The van der Waals surface area contributed by atoms with Crippen LogP contribution >= 0.6 is 11.6 Å². The molecular formula is C14H12ClN5O. The van der Waals surface area contributed by atoms with Crippen LogP contribution in [0.2, 0.25) is 5.02 Å². The van der Waals surface area contributed by atoms with Crippen molar-refractivity contribution >= 4 is 17.4 Å². The lowest BCUT2D eigenvalue weighted by Gasteiger charge is -2.09. The van der Waals surface area contributed by atoms with Gasteiger partial charge in [0.25, 0.3) is 0 Å². The maximum atomic E-state index is 9.52. The monoisotopic (exact) mass is 301 g/mol. The predicted octanol–water partition coefficient (Wildman–Crippen LogP) is 2.58. The first-order valence-electron chi connectivity index (χ1n) is 6.17. The van der Waals surface area contributed by atoms with E-state index in [1.54, 1.807) is 23.0 Å². The minimum absolute atomic E-state index is 0.0142. The number of halogens is 1. The second-order valence-corrected chi connectivity index (χ2v) is 5.00. The van der Waals surface area contributed by atoms with Gasteiger partial charge < -0.3 is 10.8 Å². The third-order valence-corrected chi connectivity index (χ3v) is 3.23. The second-order valence-electron chi connectivity index (χ2n) is 4.60. The molecule has 0 radical (unpaired) electrons. The number of nitrogens with zero attached hydrogens (tertiary/aromatic N) is 4. The molecule has 21 heavy (non-hydrogen) atoms. The van der Waals surface area contributed by atoms with Crippen molar-refractivity contribution in [2.24, 2.45) is 0 Å². The van der Waals surface area contributed by atoms with Crippen LogP contribution in [0.3, 0.4) is 0 Å². The van der Waals surface area contributed by atoms with Crippen LogP contribution in [0.5, 0.6) is 5.75 Å². The van der Waals surface area contributed by atoms with Gasteiger partial charge in [0.2, 0.25) is 0 Å². The molecule has 0 unspecified atom stereocenters. The van der Waals surface area contributed by atoms with E-state index in [-0.39, 0.29) is 10.8 Å². The van der Waals surface area contributed by atoms with Crippen molar-refractivity contribution in [3.05, 3.63) is 47.4 Å². The lowest BCUT2D eigenvalue weighted by atomic mass is 10.1. The third kappa shape index (κ3) is 2.53. The quantitative estimate of drug-likeness (QED) is 0.759. The van der Waals surface area contributed by atoms with Gasteiger partial charge in [0.15, 0.2) is 5.82 Å². The Balaban J connectivity index is 2.20. The number of aryl methyl sites for hydroxylation is 1. The van der Waals surface area contributed by atoms with Crippen LogP contribution in [-0.4, -0.2) is 24.9 Å². The van der Waals surface area contributed by atoms with Crippen molar-refractivity contribution in [1.29, 1.82) is 0 Å². The highest BCUT2D eigenvalue weighted by atomic mass is 35.5. The fourth-order valence-electron chi connectivity index (χ4n) is 1.94. The summed E-state index contributed by atoms with van der Waals surface area (Å²) in [5.41, 5.74) is 8.01. The van der Waals surface area contributed by atoms with E-state index in [4.69, 9.17) is 17.3 Å². The Hall–Kier alpha value is -2.60. The highest BCUT2D eigenvalue weighted by molar-refractivity contribution is 6.32. The fraction of sp³-hybridized carbons (Fsp3) is 0.0714. The summed E-state index contributed by atoms with van der Waals surface area (Å²) in [6.07, 6.45) is 5.02. The van der Waals surface area contributed by atoms with Gasteiger partial charge in [-0.3, -0.25) is 0 Å². The Morgan fingerprint density at radius 2 is 2.10 bits per heavy atom. The highest BCUT2D eigenvalue weighted by Crippen LogP contribution is 2.30. The van der Waals surface area contributed by atoms with Gasteiger partial charge in [0.05, 0.1) is 17.4 Å². The van der Waals surface area contributed by atoms with Gasteiger partial charge in [-0.05, 0) is 30.7 Å². The maximum absolute atomic E-state index is 9.52. The van der Waals surface area contributed by atoms with Gasteiger partial charge in [-0.25, -0.2) is 14.6 Å². The van der Waals surface area contributed by atoms with E-state index >= 15 is 0 Å². The first-order chi connectivity index (χ1) is 10.0. The number of phenolic OH excluding ortho intramolecular Hbond substituents is 1. The van der Waals surface area contributed by atoms with Crippen LogP contribution < -0.4 is 5.73 Å². The van der Waals surface area contributed by atoms with Crippen molar-refractivity contribution in [2.45, 2.75) is 6.92 Å². The van der Waals surface area contributed by atoms with E-state index < -0.39 is 0 Å². The summed E-state index contributed by atoms with van der Waals surface area (Å²) in [5, 5.41) is 14.0. The second kappa shape index (κ2) is 5.06. The van der Waals surface area contributed by atoms with Gasteiger partial charge in [-0.2, -0.15) is 5.10 Å². The summed E-state index contributed by atoms with van der Waals surface area (Å²) in [4.78, 5) is 8.61. The molecule has 0 aliphatic carbocycles. The van der Waals surface area contributed by atoms with Crippen LogP contribution in [0.1, 0.15) is 5.56 Å². The highest BCUT2D eigenvalue weighted by Gasteiger charge is 2.13. The minimum Gasteiger partial charge on any atom is -0.506 e. The number of aromatic hydroxyl groups is 1. The molecule has 3 rings (SSSR count). The third-order valence-electron chi connectivity index (χ3n) is 2.92. The average Bonchev–Trinajstić information content (AvgIpc) is 2.88. The Morgan fingerprint density at radius 1 is 1.29 bits per heavy atom. The van der Waals surface area contributed by atoms with Gasteiger partial charge >= 0.3 is 0 Å². The molecule has 0 fully saturated rings. The number of aromatic nitrogens is 4. The smallest absolute Gasteiger partial charge is 0.182 e. The molecule has 0 saturated carbocycles. The molecule has 0 aliphatic rings. The van der Waals surface area contributed by atoms with E-state index in [0.29, 0.717) is 22.9 Å². The molecule has 3 aromatic rings. The summed E-state index contributed by atoms with van der Waals surface area (Å²) in [6.45, 7) is 1.93. The fourth-order valence-corrected chi connectivity index (χ4v) is 2.12. The zero-order chi connectivity index (χ0) is 15.0. The molecule has 3 N–H and O–H groups in total. The molecule has 7 heteroatoms. The summed E-state index contributed by atoms with van der Waals surface area (Å²) in [5.74, 6) is 0.817. The standard InChI is InChI=1S/C14H12ClN5O/c1-8-5-18-20(7-8)14-13(17-6-12(16)19-14)9-2-3-11(21)10(15)4-9/h2-7,21H,1H3,(H2,16,19). The first-order valence-corrected chi connectivity index (χ1v) is 6.55. The molecule has 1 aromatic carbocycles. The summed E-state index contributed by atoms with van der Waals surface area (Å²) in [7, 11) is 0. The van der Waals surface area contributed by atoms with Gasteiger partial charge in [-0.1, -0.05) is 11.6 Å². The molecule has 2 heterocycles. The maximum Gasteiger partial charge on any atom is 0.182 e. The van der Waals surface area contributed by atoms with Crippen LogP contribution in [0.25, 0.3) is 17.1 Å². The van der Waals surface area contributed by atoms with Crippen molar-refractivity contribution < 1.29 is 5.11 Å². The van der Waals surface area contributed by atoms with Gasteiger partial charge in [0, 0.05) is 11.8 Å². The first kappa shape index (κ1) is 13.4. The molecule has 106 valence electrons. The normalized spacial score (nSPS) is 10.8. The molecule has 0 amide bonds. The largest absolute Gasteiger partial charge is 0.506 e. The number of anilines is 1. The molecule has 0 bridgehead atoms. The number of hydrogen-bond donors (Lipinski definition) is 2. The Kier molecular flexibility index (Phi) is 3.23. The van der Waals surface area contributed by atoms with Gasteiger partial charge in [0.1, 0.15) is 17.3 Å². The molecule has 6 nitrogen and oxygen atoms in total. The van der Waals surface area contributed by atoms with E-state index in [9.17, 15) is 5.11 Å². The molecule has 0 atom stereocenters. The summed E-state index contributed by atoms with van der Waals surface area (Å²) >= 11 is 5.95. The average molecular weight is 302 g/mol. The van der Waals surface area contributed by atoms with Crippen LogP contribution in [0, 0.1) is 6.92 Å². The zero-order valence-corrected chi connectivity index (χ0v) is 11.9. The molecular weight excluding hydrogens is 290 g/mol. The zero-order valence-electron chi connectivity index (χ0n) is 11.2. The lowest BCUT2D eigenvalue weighted by Crippen LogP contribution is -2.05.